The normalized spacial score (nSPS) is 13.8. The fourth-order valence-corrected chi connectivity index (χ4v) is 3.29. The summed E-state index contributed by atoms with van der Waals surface area (Å²) in [5.41, 5.74) is 7.80. The van der Waals surface area contributed by atoms with E-state index in [2.05, 4.69) is 44.7 Å². The molecule has 0 aromatic heterocycles. The third-order valence-corrected chi connectivity index (χ3v) is 4.68. The zero-order chi connectivity index (χ0) is 14.5. The lowest BCUT2D eigenvalue weighted by atomic mass is 9.79. The Bertz CT molecular complexity index is 367. The van der Waals surface area contributed by atoms with Crippen molar-refractivity contribution in [2.75, 3.05) is 13.1 Å². The molecule has 108 valence electrons. The van der Waals surface area contributed by atoms with Crippen LogP contribution in [-0.2, 0) is 0 Å². The summed E-state index contributed by atoms with van der Waals surface area (Å²) in [4.78, 5) is 2.49. The van der Waals surface area contributed by atoms with Crippen LogP contribution in [0.4, 0.5) is 0 Å². The topological polar surface area (TPSA) is 29.3 Å². The fourth-order valence-electron chi connectivity index (χ4n) is 3.17. The van der Waals surface area contributed by atoms with Gasteiger partial charge in [-0.15, -0.1) is 0 Å². The Balaban J connectivity index is 3.13. The maximum absolute atomic E-state index is 6.61. The van der Waals surface area contributed by atoms with E-state index in [1.807, 2.05) is 12.1 Å². The third-order valence-electron chi connectivity index (χ3n) is 4.43. The molecule has 2 N–H and O–H groups in total. The second kappa shape index (κ2) is 7.28. The Morgan fingerprint density at radius 3 is 1.89 bits per heavy atom. The van der Waals surface area contributed by atoms with Gasteiger partial charge in [-0.25, -0.2) is 0 Å². The van der Waals surface area contributed by atoms with Crippen molar-refractivity contribution in [3.63, 3.8) is 0 Å². The van der Waals surface area contributed by atoms with E-state index in [4.69, 9.17) is 17.3 Å². The molecule has 0 fully saturated rings. The van der Waals surface area contributed by atoms with Crippen LogP contribution in [0.15, 0.2) is 24.3 Å². The summed E-state index contributed by atoms with van der Waals surface area (Å²) in [6.07, 6.45) is 2.10. The van der Waals surface area contributed by atoms with Crippen molar-refractivity contribution in [2.45, 2.75) is 52.1 Å². The predicted octanol–water partition coefficient (Wildman–Crippen LogP) is 4.24. The van der Waals surface area contributed by atoms with Crippen molar-refractivity contribution < 1.29 is 0 Å². The fraction of sp³-hybridized carbons (Fsp3) is 0.625. The first-order chi connectivity index (χ1) is 9.05. The Labute approximate surface area is 122 Å². The van der Waals surface area contributed by atoms with E-state index in [9.17, 15) is 0 Å². The van der Waals surface area contributed by atoms with E-state index in [1.165, 1.54) is 5.56 Å². The highest BCUT2D eigenvalue weighted by Gasteiger charge is 2.38. The minimum absolute atomic E-state index is 0.0136. The highest BCUT2D eigenvalue weighted by Crippen LogP contribution is 2.35. The van der Waals surface area contributed by atoms with Gasteiger partial charge in [-0.1, -0.05) is 51.4 Å². The minimum Gasteiger partial charge on any atom is -0.322 e. The summed E-state index contributed by atoms with van der Waals surface area (Å²) in [6, 6.07) is 7.97. The summed E-state index contributed by atoms with van der Waals surface area (Å²) in [5.74, 6) is 0. The first kappa shape index (κ1) is 16.5. The average Bonchev–Trinajstić information content (AvgIpc) is 2.45. The Hall–Kier alpha value is -0.570. The third kappa shape index (κ3) is 3.31. The van der Waals surface area contributed by atoms with Gasteiger partial charge in [0.2, 0.25) is 0 Å². The molecule has 3 heteroatoms. The van der Waals surface area contributed by atoms with E-state index >= 15 is 0 Å². The van der Waals surface area contributed by atoms with Gasteiger partial charge in [-0.05, 0) is 43.6 Å². The molecule has 19 heavy (non-hydrogen) atoms. The van der Waals surface area contributed by atoms with Gasteiger partial charge in [-0.3, -0.25) is 4.90 Å². The lowest BCUT2D eigenvalue weighted by Crippen LogP contribution is -2.54. The van der Waals surface area contributed by atoms with Crippen LogP contribution in [0.2, 0.25) is 5.02 Å². The highest BCUT2D eigenvalue weighted by molar-refractivity contribution is 6.30. The molecule has 0 aliphatic carbocycles. The van der Waals surface area contributed by atoms with E-state index in [1.54, 1.807) is 0 Å². The summed E-state index contributed by atoms with van der Waals surface area (Å²) in [6.45, 7) is 10.9. The van der Waals surface area contributed by atoms with Crippen molar-refractivity contribution in [3.05, 3.63) is 34.9 Å². The van der Waals surface area contributed by atoms with E-state index in [-0.39, 0.29) is 11.6 Å². The highest BCUT2D eigenvalue weighted by atomic mass is 35.5. The number of nitrogens with two attached hydrogens (primary N) is 1. The van der Waals surface area contributed by atoms with Crippen LogP contribution in [0.3, 0.4) is 0 Å². The summed E-state index contributed by atoms with van der Waals surface area (Å²) < 4.78 is 0. The van der Waals surface area contributed by atoms with Gasteiger partial charge in [0.25, 0.3) is 0 Å². The van der Waals surface area contributed by atoms with Crippen molar-refractivity contribution >= 4 is 11.6 Å². The van der Waals surface area contributed by atoms with Crippen LogP contribution in [0.25, 0.3) is 0 Å². The summed E-state index contributed by atoms with van der Waals surface area (Å²) in [5, 5.41) is 0.761. The van der Waals surface area contributed by atoms with Gasteiger partial charge in [0, 0.05) is 16.6 Å². The van der Waals surface area contributed by atoms with Gasteiger partial charge in [0.1, 0.15) is 0 Å². The maximum Gasteiger partial charge on any atom is 0.0481 e. The number of hydrogen-bond acceptors (Lipinski definition) is 2. The molecule has 0 bridgehead atoms. The van der Waals surface area contributed by atoms with Gasteiger partial charge >= 0.3 is 0 Å². The molecule has 0 heterocycles. The van der Waals surface area contributed by atoms with Crippen LogP contribution in [0, 0.1) is 0 Å². The molecule has 1 aromatic rings. The van der Waals surface area contributed by atoms with E-state index in [0.717, 1.165) is 31.0 Å². The van der Waals surface area contributed by atoms with Crippen molar-refractivity contribution in [3.8, 4) is 0 Å². The molecule has 1 atom stereocenters. The number of benzene rings is 1. The average molecular weight is 283 g/mol. The SMILES string of the molecule is CCN(CC)C(CC)(CC)C(N)c1ccc(Cl)cc1. The standard InChI is InChI=1S/C16H27ClN2/c1-5-16(6-2,19(7-3)8-4)15(18)13-9-11-14(17)12-10-13/h9-12,15H,5-8,18H2,1-4H3. The number of nitrogens with zero attached hydrogens (tertiary/aromatic N) is 1. The van der Waals surface area contributed by atoms with Crippen molar-refractivity contribution in [2.24, 2.45) is 5.73 Å². The van der Waals surface area contributed by atoms with Crippen LogP contribution < -0.4 is 5.73 Å². The Morgan fingerprint density at radius 2 is 1.53 bits per heavy atom. The molecule has 0 saturated heterocycles. The molecule has 0 spiro atoms. The minimum atomic E-state index is 0.0136. The van der Waals surface area contributed by atoms with Crippen LogP contribution in [0.5, 0.6) is 0 Å². The van der Waals surface area contributed by atoms with Gasteiger partial charge in [-0.2, -0.15) is 0 Å². The summed E-state index contributed by atoms with van der Waals surface area (Å²) in [7, 11) is 0. The van der Waals surface area contributed by atoms with Crippen LogP contribution in [0.1, 0.15) is 52.1 Å². The Kier molecular flexibility index (Phi) is 6.31. The van der Waals surface area contributed by atoms with Crippen LogP contribution in [-0.4, -0.2) is 23.5 Å². The van der Waals surface area contributed by atoms with Crippen molar-refractivity contribution in [1.29, 1.82) is 0 Å². The maximum atomic E-state index is 6.61. The van der Waals surface area contributed by atoms with E-state index in [0.29, 0.717) is 0 Å². The number of rotatable bonds is 7. The molecule has 2 nitrogen and oxygen atoms in total. The first-order valence-electron chi connectivity index (χ1n) is 7.31. The largest absolute Gasteiger partial charge is 0.322 e. The Morgan fingerprint density at radius 1 is 1.05 bits per heavy atom. The monoisotopic (exact) mass is 282 g/mol. The molecular weight excluding hydrogens is 256 g/mol. The van der Waals surface area contributed by atoms with Crippen molar-refractivity contribution in [1.82, 2.24) is 4.90 Å². The lowest BCUT2D eigenvalue weighted by molar-refractivity contribution is 0.0625. The molecule has 0 amide bonds. The zero-order valence-corrected chi connectivity index (χ0v) is 13.4. The van der Waals surface area contributed by atoms with Gasteiger partial charge in [0.05, 0.1) is 0 Å². The second-order valence-corrected chi connectivity index (χ2v) is 5.45. The number of likely N-dealkylation sites (N-methyl/N-ethyl adjacent to an activating group) is 1. The molecule has 0 aliphatic rings. The molecule has 1 unspecified atom stereocenters. The molecule has 0 saturated carbocycles. The molecular formula is C16H27ClN2. The van der Waals surface area contributed by atoms with Crippen LogP contribution >= 0.6 is 11.6 Å². The number of halogens is 1. The zero-order valence-electron chi connectivity index (χ0n) is 12.6. The molecule has 1 rings (SSSR count). The molecule has 1 aromatic carbocycles. The lowest BCUT2D eigenvalue weighted by Gasteiger charge is -2.46. The smallest absolute Gasteiger partial charge is 0.0481 e. The first-order valence-corrected chi connectivity index (χ1v) is 7.69. The van der Waals surface area contributed by atoms with Gasteiger partial charge < -0.3 is 5.73 Å². The summed E-state index contributed by atoms with van der Waals surface area (Å²) >= 11 is 5.96. The number of hydrogen-bond donors (Lipinski definition) is 1. The molecule has 0 aliphatic heterocycles. The molecule has 0 radical (unpaired) electrons. The van der Waals surface area contributed by atoms with E-state index < -0.39 is 0 Å². The second-order valence-electron chi connectivity index (χ2n) is 5.01. The predicted molar refractivity (Wildman–Crippen MR) is 84.6 cm³/mol. The quantitative estimate of drug-likeness (QED) is 0.810. The van der Waals surface area contributed by atoms with Gasteiger partial charge in [0.15, 0.2) is 0 Å².